The molecule has 7 nitrogen and oxygen atoms in total. The fourth-order valence-electron chi connectivity index (χ4n) is 2.22. The summed E-state index contributed by atoms with van der Waals surface area (Å²) in [6.45, 7) is 0.427. The van der Waals surface area contributed by atoms with Gasteiger partial charge in [0, 0.05) is 0 Å². The highest BCUT2D eigenvalue weighted by molar-refractivity contribution is 5.90. The topological polar surface area (TPSA) is 109 Å². The Morgan fingerprint density at radius 2 is 1.83 bits per heavy atom. The first-order valence-corrected chi connectivity index (χ1v) is 7.37. The number of ether oxygens (including phenoxy) is 3. The van der Waals surface area contributed by atoms with Crippen LogP contribution in [0, 0.1) is 0 Å². The molecule has 2 aromatic rings. The Balaban J connectivity index is 1.55. The molecule has 0 amide bonds. The lowest BCUT2D eigenvalue weighted by Gasteiger charge is -2.26. The molecule has 0 bridgehead atoms. The molecule has 7 heteroatoms. The molecule has 4 N–H and O–H groups in total. The SMILES string of the molecule is NC(N)=Nc1ccc(C(=O)OCC2COc3ccccc3O2)cc1. The van der Waals surface area contributed by atoms with Crippen LogP contribution in [0.15, 0.2) is 53.5 Å². The Bertz CT molecular complexity index is 755. The fourth-order valence-corrected chi connectivity index (χ4v) is 2.22. The van der Waals surface area contributed by atoms with Crippen molar-refractivity contribution in [3.63, 3.8) is 0 Å². The molecular formula is C17H17N3O4. The largest absolute Gasteiger partial charge is 0.486 e. The van der Waals surface area contributed by atoms with Crippen molar-refractivity contribution in [3.8, 4) is 11.5 Å². The molecule has 0 saturated carbocycles. The quantitative estimate of drug-likeness (QED) is 0.501. The van der Waals surface area contributed by atoms with E-state index in [1.54, 1.807) is 24.3 Å². The summed E-state index contributed by atoms with van der Waals surface area (Å²) in [5.41, 5.74) is 11.6. The van der Waals surface area contributed by atoms with E-state index < -0.39 is 5.97 Å². The van der Waals surface area contributed by atoms with Gasteiger partial charge in [0.15, 0.2) is 23.6 Å². The summed E-state index contributed by atoms with van der Waals surface area (Å²) in [4.78, 5) is 15.9. The molecule has 1 aliphatic rings. The van der Waals surface area contributed by atoms with Crippen LogP contribution in [0.4, 0.5) is 5.69 Å². The molecule has 1 heterocycles. The Labute approximate surface area is 138 Å². The smallest absolute Gasteiger partial charge is 0.338 e. The van der Waals surface area contributed by atoms with Crippen molar-refractivity contribution in [2.45, 2.75) is 6.10 Å². The Morgan fingerprint density at radius 1 is 1.12 bits per heavy atom. The lowest BCUT2D eigenvalue weighted by atomic mass is 10.2. The van der Waals surface area contributed by atoms with Gasteiger partial charge in [0.05, 0.1) is 11.3 Å². The second-order valence-corrected chi connectivity index (χ2v) is 5.18. The van der Waals surface area contributed by atoms with Gasteiger partial charge in [0.25, 0.3) is 0 Å². The van der Waals surface area contributed by atoms with Crippen LogP contribution >= 0.6 is 0 Å². The first-order chi connectivity index (χ1) is 11.6. The average molecular weight is 327 g/mol. The van der Waals surface area contributed by atoms with Gasteiger partial charge in [0.1, 0.15) is 13.2 Å². The zero-order valence-electron chi connectivity index (χ0n) is 12.8. The van der Waals surface area contributed by atoms with Gasteiger partial charge in [-0.3, -0.25) is 0 Å². The van der Waals surface area contributed by atoms with Crippen LogP contribution in [0.3, 0.4) is 0 Å². The summed E-state index contributed by atoms with van der Waals surface area (Å²) in [5, 5.41) is 0. The third kappa shape index (κ3) is 3.75. The molecule has 0 saturated heterocycles. The third-order valence-electron chi connectivity index (χ3n) is 3.33. The predicted octanol–water partition coefficient (Wildman–Crippen LogP) is 1.59. The van der Waals surface area contributed by atoms with E-state index in [0.29, 0.717) is 29.4 Å². The van der Waals surface area contributed by atoms with Crippen molar-refractivity contribution in [1.82, 2.24) is 0 Å². The molecule has 0 radical (unpaired) electrons. The second kappa shape index (κ2) is 6.91. The summed E-state index contributed by atoms with van der Waals surface area (Å²) in [7, 11) is 0. The van der Waals surface area contributed by atoms with Gasteiger partial charge in [-0.25, -0.2) is 9.79 Å². The minimum Gasteiger partial charge on any atom is -0.486 e. The van der Waals surface area contributed by atoms with E-state index in [1.807, 2.05) is 24.3 Å². The second-order valence-electron chi connectivity index (χ2n) is 5.18. The standard InChI is InChI=1S/C17H17N3O4/c18-17(19)20-12-7-5-11(6-8-12)16(21)23-10-13-9-22-14-3-1-2-4-15(14)24-13/h1-8,13H,9-10H2,(H4,18,19,20). The Morgan fingerprint density at radius 3 is 2.54 bits per heavy atom. The number of aliphatic imine (C=N–C) groups is 1. The minimum absolute atomic E-state index is 0.0416. The normalized spacial score (nSPS) is 15.4. The van der Waals surface area contributed by atoms with Crippen LogP contribution in [-0.4, -0.2) is 31.2 Å². The van der Waals surface area contributed by atoms with E-state index in [1.165, 1.54) is 0 Å². The van der Waals surface area contributed by atoms with Crippen LogP contribution in [0.1, 0.15) is 10.4 Å². The summed E-state index contributed by atoms with van der Waals surface area (Å²) in [6, 6.07) is 13.8. The van der Waals surface area contributed by atoms with Crippen LogP contribution in [0.25, 0.3) is 0 Å². The van der Waals surface area contributed by atoms with E-state index in [4.69, 9.17) is 25.7 Å². The number of para-hydroxylation sites is 2. The number of benzene rings is 2. The van der Waals surface area contributed by atoms with Crippen LogP contribution in [-0.2, 0) is 4.74 Å². The van der Waals surface area contributed by atoms with Crippen molar-refractivity contribution in [2.75, 3.05) is 13.2 Å². The van der Waals surface area contributed by atoms with Crippen LogP contribution in [0.2, 0.25) is 0 Å². The number of nitrogens with two attached hydrogens (primary N) is 2. The number of nitrogens with zero attached hydrogens (tertiary/aromatic N) is 1. The molecule has 124 valence electrons. The molecule has 1 unspecified atom stereocenters. The van der Waals surface area contributed by atoms with Gasteiger partial charge in [-0.15, -0.1) is 0 Å². The van der Waals surface area contributed by atoms with Crippen molar-refractivity contribution in [1.29, 1.82) is 0 Å². The lowest BCUT2D eigenvalue weighted by molar-refractivity contribution is 0.0110. The van der Waals surface area contributed by atoms with Gasteiger partial charge in [-0.2, -0.15) is 0 Å². The van der Waals surface area contributed by atoms with Crippen LogP contribution < -0.4 is 20.9 Å². The summed E-state index contributed by atoms with van der Waals surface area (Å²) in [6.07, 6.45) is -0.343. The fraction of sp³-hybridized carbons (Fsp3) is 0.176. The minimum atomic E-state index is -0.450. The number of carbonyl (C=O) groups excluding carboxylic acids is 1. The molecule has 3 rings (SSSR count). The van der Waals surface area contributed by atoms with Crippen molar-refractivity contribution in [3.05, 3.63) is 54.1 Å². The maximum atomic E-state index is 12.1. The molecule has 2 aromatic carbocycles. The number of guanidine groups is 1. The molecule has 0 fully saturated rings. The van der Waals surface area contributed by atoms with Crippen LogP contribution in [0.5, 0.6) is 11.5 Å². The Kier molecular flexibility index (Phi) is 4.51. The van der Waals surface area contributed by atoms with Gasteiger partial charge < -0.3 is 25.7 Å². The molecule has 1 aliphatic heterocycles. The van der Waals surface area contributed by atoms with E-state index in [-0.39, 0.29) is 18.7 Å². The maximum absolute atomic E-state index is 12.1. The maximum Gasteiger partial charge on any atom is 0.338 e. The number of esters is 1. The summed E-state index contributed by atoms with van der Waals surface area (Å²) in [5.74, 6) is 0.843. The van der Waals surface area contributed by atoms with E-state index >= 15 is 0 Å². The van der Waals surface area contributed by atoms with Gasteiger partial charge in [0.2, 0.25) is 0 Å². The van der Waals surface area contributed by atoms with Gasteiger partial charge >= 0.3 is 5.97 Å². The highest BCUT2D eigenvalue weighted by atomic mass is 16.6. The molecular weight excluding hydrogens is 310 g/mol. The first-order valence-electron chi connectivity index (χ1n) is 7.37. The number of carbonyl (C=O) groups is 1. The third-order valence-corrected chi connectivity index (χ3v) is 3.33. The van der Waals surface area contributed by atoms with Gasteiger partial charge in [-0.1, -0.05) is 12.1 Å². The molecule has 24 heavy (non-hydrogen) atoms. The molecule has 1 atom stereocenters. The zero-order valence-corrected chi connectivity index (χ0v) is 12.8. The number of fused-ring (bicyclic) bond motifs is 1. The molecule has 0 aliphatic carbocycles. The van der Waals surface area contributed by atoms with Crippen molar-refractivity contribution < 1.29 is 19.0 Å². The first kappa shape index (κ1) is 15.7. The van der Waals surface area contributed by atoms with Crippen molar-refractivity contribution >= 4 is 17.6 Å². The van der Waals surface area contributed by atoms with E-state index in [9.17, 15) is 4.79 Å². The zero-order chi connectivity index (χ0) is 16.9. The highest BCUT2D eigenvalue weighted by Gasteiger charge is 2.22. The van der Waals surface area contributed by atoms with Crippen molar-refractivity contribution in [2.24, 2.45) is 16.5 Å². The summed E-state index contributed by atoms with van der Waals surface area (Å²) >= 11 is 0. The predicted molar refractivity (Wildman–Crippen MR) is 88.5 cm³/mol. The number of hydrogen-bond acceptors (Lipinski definition) is 5. The molecule has 0 spiro atoms. The van der Waals surface area contributed by atoms with E-state index in [2.05, 4.69) is 4.99 Å². The average Bonchev–Trinajstić information content (AvgIpc) is 2.59. The highest BCUT2D eigenvalue weighted by Crippen LogP contribution is 2.30. The summed E-state index contributed by atoms with van der Waals surface area (Å²) < 4.78 is 16.6. The number of hydrogen-bond donors (Lipinski definition) is 2. The number of rotatable bonds is 4. The lowest BCUT2D eigenvalue weighted by Crippen LogP contribution is -2.34. The monoisotopic (exact) mass is 327 g/mol. The van der Waals surface area contributed by atoms with E-state index in [0.717, 1.165) is 0 Å². The van der Waals surface area contributed by atoms with Gasteiger partial charge in [-0.05, 0) is 36.4 Å². The Hall–Kier alpha value is -3.22. The molecule has 0 aromatic heterocycles.